The Morgan fingerprint density at radius 1 is 1.12 bits per heavy atom. The van der Waals surface area contributed by atoms with Gasteiger partial charge in [-0.05, 0) is 44.4 Å². The Hall–Kier alpha value is -2.80. The second-order valence-corrected chi connectivity index (χ2v) is 5.63. The molecule has 24 heavy (non-hydrogen) atoms. The number of nitrogens with zero attached hydrogens (tertiary/aromatic N) is 4. The normalized spacial score (nSPS) is 11.0. The highest BCUT2D eigenvalue weighted by molar-refractivity contribution is 5.76. The van der Waals surface area contributed by atoms with Crippen molar-refractivity contribution in [3.05, 3.63) is 48.7 Å². The van der Waals surface area contributed by atoms with E-state index in [2.05, 4.69) is 30.2 Å². The molecule has 1 aromatic carbocycles. The minimum absolute atomic E-state index is 0.273. The van der Waals surface area contributed by atoms with Crippen LogP contribution in [-0.2, 0) is 0 Å². The third kappa shape index (κ3) is 3.75. The first-order valence-corrected chi connectivity index (χ1v) is 7.65. The van der Waals surface area contributed by atoms with E-state index in [9.17, 15) is 4.39 Å². The van der Waals surface area contributed by atoms with Crippen LogP contribution >= 0.6 is 0 Å². The third-order valence-electron chi connectivity index (χ3n) is 3.51. The molecule has 3 aromatic rings. The van der Waals surface area contributed by atoms with E-state index in [4.69, 9.17) is 0 Å². The van der Waals surface area contributed by atoms with Crippen molar-refractivity contribution >= 4 is 5.95 Å². The van der Waals surface area contributed by atoms with Crippen LogP contribution < -0.4 is 5.32 Å². The van der Waals surface area contributed by atoms with Crippen molar-refractivity contribution in [2.75, 3.05) is 32.5 Å². The molecule has 2 aromatic heterocycles. The maximum absolute atomic E-state index is 13.1. The van der Waals surface area contributed by atoms with Gasteiger partial charge in [0.2, 0.25) is 5.95 Å². The molecule has 2 heterocycles. The van der Waals surface area contributed by atoms with Gasteiger partial charge in [-0.15, -0.1) is 0 Å². The Morgan fingerprint density at radius 2 is 1.92 bits per heavy atom. The lowest BCUT2D eigenvalue weighted by atomic mass is 10.1. The molecule has 0 saturated carbocycles. The zero-order valence-electron chi connectivity index (χ0n) is 13.6. The first kappa shape index (κ1) is 16.1. The largest absolute Gasteiger partial charge is 0.353 e. The van der Waals surface area contributed by atoms with E-state index in [0.29, 0.717) is 5.95 Å². The maximum atomic E-state index is 13.1. The predicted octanol–water partition coefficient (Wildman–Crippen LogP) is 2.65. The minimum Gasteiger partial charge on any atom is -0.353 e. The highest BCUT2D eigenvalue weighted by Gasteiger charge is 2.12. The number of imidazole rings is 1. The highest BCUT2D eigenvalue weighted by Crippen LogP contribution is 2.28. The summed E-state index contributed by atoms with van der Waals surface area (Å²) in [5.41, 5.74) is 3.06. The fraction of sp³-hybridized carbons (Fsp3) is 0.235. The van der Waals surface area contributed by atoms with Gasteiger partial charge in [-0.3, -0.25) is 0 Å². The molecule has 0 aliphatic heterocycles. The summed E-state index contributed by atoms with van der Waals surface area (Å²) in [5.74, 6) is 0.291. The van der Waals surface area contributed by atoms with Crippen molar-refractivity contribution in [2.24, 2.45) is 0 Å². The number of benzene rings is 1. The van der Waals surface area contributed by atoms with Crippen molar-refractivity contribution in [1.82, 2.24) is 24.8 Å². The van der Waals surface area contributed by atoms with Gasteiger partial charge in [-0.25, -0.2) is 19.3 Å². The molecule has 0 saturated heterocycles. The van der Waals surface area contributed by atoms with E-state index in [1.165, 1.54) is 12.1 Å². The van der Waals surface area contributed by atoms with Gasteiger partial charge in [0, 0.05) is 24.8 Å². The standard InChI is InChI=1S/C17H19FN6/c1-24(2)10-9-20-17-19-8-7-14(23-17)16-15(21-11-22-16)12-3-5-13(18)6-4-12/h3-8,11H,9-10H2,1-2H3,(H,21,22)(H,19,20,23). The molecular formula is C17H19FN6. The van der Waals surface area contributed by atoms with Crippen LogP contribution in [0.25, 0.3) is 22.6 Å². The molecule has 7 heteroatoms. The van der Waals surface area contributed by atoms with Crippen molar-refractivity contribution in [3.8, 4) is 22.6 Å². The van der Waals surface area contributed by atoms with Crippen molar-refractivity contribution in [1.29, 1.82) is 0 Å². The van der Waals surface area contributed by atoms with Crippen LogP contribution in [0.1, 0.15) is 0 Å². The predicted molar refractivity (Wildman–Crippen MR) is 92.1 cm³/mol. The summed E-state index contributed by atoms with van der Waals surface area (Å²) in [6, 6.07) is 8.06. The van der Waals surface area contributed by atoms with Gasteiger partial charge in [0.25, 0.3) is 0 Å². The quantitative estimate of drug-likeness (QED) is 0.729. The second-order valence-electron chi connectivity index (χ2n) is 5.63. The van der Waals surface area contributed by atoms with E-state index in [1.807, 2.05) is 20.2 Å². The number of aromatic amines is 1. The number of hydrogen-bond donors (Lipinski definition) is 2. The number of aromatic nitrogens is 4. The number of H-pyrrole nitrogens is 1. The fourth-order valence-electron chi connectivity index (χ4n) is 2.29. The first-order valence-electron chi connectivity index (χ1n) is 7.65. The molecule has 3 rings (SSSR count). The Bertz CT molecular complexity index is 797. The smallest absolute Gasteiger partial charge is 0.223 e. The van der Waals surface area contributed by atoms with Crippen LogP contribution in [0.2, 0.25) is 0 Å². The van der Waals surface area contributed by atoms with E-state index in [1.54, 1.807) is 24.7 Å². The number of halogens is 1. The number of hydrogen-bond acceptors (Lipinski definition) is 5. The van der Waals surface area contributed by atoms with E-state index in [0.717, 1.165) is 35.7 Å². The molecule has 0 aliphatic carbocycles. The zero-order valence-corrected chi connectivity index (χ0v) is 13.6. The van der Waals surface area contributed by atoms with E-state index < -0.39 is 0 Å². The summed E-state index contributed by atoms with van der Waals surface area (Å²) in [5, 5.41) is 3.20. The topological polar surface area (TPSA) is 69.7 Å². The third-order valence-corrected chi connectivity index (χ3v) is 3.51. The van der Waals surface area contributed by atoms with Gasteiger partial charge < -0.3 is 15.2 Å². The molecule has 0 unspecified atom stereocenters. The van der Waals surface area contributed by atoms with Gasteiger partial charge in [-0.2, -0.15) is 0 Å². The minimum atomic E-state index is -0.273. The number of rotatable bonds is 6. The van der Waals surface area contributed by atoms with Gasteiger partial charge >= 0.3 is 0 Å². The number of anilines is 1. The molecule has 124 valence electrons. The summed E-state index contributed by atoms with van der Waals surface area (Å²) < 4.78 is 13.1. The molecule has 0 fully saturated rings. The maximum Gasteiger partial charge on any atom is 0.223 e. The molecule has 0 spiro atoms. The summed E-state index contributed by atoms with van der Waals surface area (Å²) >= 11 is 0. The summed E-state index contributed by atoms with van der Waals surface area (Å²) in [6.45, 7) is 1.64. The number of nitrogens with one attached hydrogen (secondary N) is 2. The van der Waals surface area contributed by atoms with Gasteiger partial charge in [0.05, 0.1) is 23.4 Å². The summed E-state index contributed by atoms with van der Waals surface area (Å²) in [4.78, 5) is 18.3. The van der Waals surface area contributed by atoms with Crippen LogP contribution in [0.5, 0.6) is 0 Å². The van der Waals surface area contributed by atoms with Crippen molar-refractivity contribution in [3.63, 3.8) is 0 Å². The van der Waals surface area contributed by atoms with Crippen molar-refractivity contribution < 1.29 is 4.39 Å². The number of likely N-dealkylation sites (N-methyl/N-ethyl adjacent to an activating group) is 1. The molecule has 2 N–H and O–H groups in total. The molecule has 0 aliphatic rings. The average Bonchev–Trinajstić information content (AvgIpc) is 3.05. The molecule has 0 atom stereocenters. The Morgan fingerprint density at radius 3 is 2.67 bits per heavy atom. The Balaban J connectivity index is 1.85. The lowest BCUT2D eigenvalue weighted by molar-refractivity contribution is 0.425. The van der Waals surface area contributed by atoms with Crippen LogP contribution in [-0.4, -0.2) is 52.0 Å². The SMILES string of the molecule is CN(C)CCNc1nccc(-c2[nH]cnc2-c2ccc(F)cc2)n1. The van der Waals surface area contributed by atoms with Gasteiger partial charge in [0.15, 0.2) is 0 Å². The van der Waals surface area contributed by atoms with Crippen LogP contribution in [0.3, 0.4) is 0 Å². The average molecular weight is 326 g/mol. The first-order chi connectivity index (χ1) is 11.6. The molecular weight excluding hydrogens is 307 g/mol. The van der Waals surface area contributed by atoms with Crippen LogP contribution in [0.15, 0.2) is 42.9 Å². The second kappa shape index (κ2) is 7.18. The Kier molecular flexibility index (Phi) is 4.81. The van der Waals surface area contributed by atoms with E-state index >= 15 is 0 Å². The van der Waals surface area contributed by atoms with Gasteiger partial charge in [-0.1, -0.05) is 0 Å². The van der Waals surface area contributed by atoms with Crippen molar-refractivity contribution in [2.45, 2.75) is 0 Å². The monoisotopic (exact) mass is 326 g/mol. The molecule has 0 radical (unpaired) electrons. The van der Waals surface area contributed by atoms with Gasteiger partial charge in [0.1, 0.15) is 5.82 Å². The lowest BCUT2D eigenvalue weighted by Gasteiger charge is -2.10. The van der Waals surface area contributed by atoms with Crippen LogP contribution in [0, 0.1) is 5.82 Å². The summed E-state index contributed by atoms with van der Waals surface area (Å²) in [7, 11) is 4.02. The fourth-order valence-corrected chi connectivity index (χ4v) is 2.29. The molecule has 0 bridgehead atoms. The molecule has 6 nitrogen and oxygen atoms in total. The summed E-state index contributed by atoms with van der Waals surface area (Å²) in [6.07, 6.45) is 3.31. The highest BCUT2D eigenvalue weighted by atomic mass is 19.1. The molecule has 0 amide bonds. The Labute approximate surface area is 139 Å². The zero-order chi connectivity index (χ0) is 16.9. The van der Waals surface area contributed by atoms with E-state index in [-0.39, 0.29) is 5.82 Å². The lowest BCUT2D eigenvalue weighted by Crippen LogP contribution is -2.21. The van der Waals surface area contributed by atoms with Crippen LogP contribution in [0.4, 0.5) is 10.3 Å².